The van der Waals surface area contributed by atoms with Crippen LogP contribution in [0, 0.1) is 0 Å². The molecular formula is C21H22ClF3N2O2. The van der Waals surface area contributed by atoms with Crippen LogP contribution in [-0.4, -0.2) is 42.9 Å². The van der Waals surface area contributed by atoms with Crippen molar-refractivity contribution in [3.63, 3.8) is 0 Å². The molecule has 1 aliphatic heterocycles. The van der Waals surface area contributed by atoms with Gasteiger partial charge in [0.15, 0.2) is 0 Å². The molecule has 0 bridgehead atoms. The minimum atomic E-state index is -4.66. The number of piperidine rings is 1. The highest BCUT2D eigenvalue weighted by atomic mass is 35.5. The summed E-state index contributed by atoms with van der Waals surface area (Å²) in [6.07, 6.45) is -6.29. The van der Waals surface area contributed by atoms with Crippen LogP contribution in [0.3, 0.4) is 0 Å². The fourth-order valence-corrected chi connectivity index (χ4v) is 3.60. The summed E-state index contributed by atoms with van der Waals surface area (Å²) < 4.78 is 45.2. The number of alkyl halides is 3. The molecule has 1 aliphatic rings. The molecule has 3 rings (SSSR count). The molecule has 0 aliphatic carbocycles. The summed E-state index contributed by atoms with van der Waals surface area (Å²) in [5.74, 6) is 0.168. The maximum Gasteiger partial charge on any atom is 0.426 e. The summed E-state index contributed by atoms with van der Waals surface area (Å²) in [7, 11) is 0. The van der Waals surface area contributed by atoms with E-state index in [2.05, 4.69) is 5.32 Å². The molecule has 2 aromatic rings. The zero-order chi connectivity index (χ0) is 20.9. The van der Waals surface area contributed by atoms with Crippen molar-refractivity contribution in [1.82, 2.24) is 4.90 Å². The number of hydrogen-bond donors (Lipinski definition) is 1. The molecule has 156 valence electrons. The number of amides is 1. The van der Waals surface area contributed by atoms with Crippen LogP contribution in [0.25, 0.3) is 0 Å². The highest BCUT2D eigenvalue weighted by molar-refractivity contribution is 6.30. The Bertz CT molecular complexity index is 800. The molecule has 1 N–H and O–H groups in total. The average molecular weight is 427 g/mol. The molecule has 0 aromatic heterocycles. The number of halogens is 4. The lowest BCUT2D eigenvalue weighted by atomic mass is 9.90. The summed E-state index contributed by atoms with van der Waals surface area (Å²) in [6, 6.07) is 15.8. The van der Waals surface area contributed by atoms with E-state index in [9.17, 15) is 18.0 Å². The van der Waals surface area contributed by atoms with Crippen LogP contribution in [0.4, 0.5) is 23.7 Å². The number of carbonyl (C=O) groups excluding carboxylic acids is 1. The van der Waals surface area contributed by atoms with E-state index in [0.29, 0.717) is 23.8 Å². The van der Waals surface area contributed by atoms with Crippen molar-refractivity contribution in [3.8, 4) is 0 Å². The number of likely N-dealkylation sites (tertiary alicyclic amines) is 1. The molecule has 8 heteroatoms. The van der Waals surface area contributed by atoms with Crippen LogP contribution in [0.5, 0.6) is 0 Å². The van der Waals surface area contributed by atoms with Gasteiger partial charge in [-0.15, -0.1) is 0 Å². The molecule has 0 radical (unpaired) electrons. The predicted molar refractivity (Wildman–Crippen MR) is 106 cm³/mol. The van der Waals surface area contributed by atoms with E-state index < -0.39 is 18.4 Å². The lowest BCUT2D eigenvalue weighted by Crippen LogP contribution is -2.47. The van der Waals surface area contributed by atoms with Gasteiger partial charge in [-0.05, 0) is 55.1 Å². The molecule has 2 aromatic carbocycles. The number of nitrogens with one attached hydrogen (secondary N) is 1. The molecule has 1 amide bonds. The summed E-state index contributed by atoms with van der Waals surface area (Å²) >= 11 is 5.76. The summed E-state index contributed by atoms with van der Waals surface area (Å²) in [5, 5.41) is 2.76. The number of benzene rings is 2. The van der Waals surface area contributed by atoms with Crippen LogP contribution >= 0.6 is 11.6 Å². The van der Waals surface area contributed by atoms with Crippen LogP contribution in [-0.2, 0) is 4.74 Å². The number of nitrogens with zero attached hydrogens (tertiary/aromatic N) is 1. The maximum atomic E-state index is 13.5. The number of hydrogen-bond acceptors (Lipinski definition) is 3. The Labute approximate surface area is 172 Å². The van der Waals surface area contributed by atoms with Gasteiger partial charge in [0.05, 0.1) is 0 Å². The maximum absolute atomic E-state index is 13.5. The summed E-state index contributed by atoms with van der Waals surface area (Å²) in [6.45, 7) is 0.651. The average Bonchev–Trinajstić information content (AvgIpc) is 2.69. The second-order valence-corrected chi connectivity index (χ2v) is 7.51. The zero-order valence-electron chi connectivity index (χ0n) is 15.7. The van der Waals surface area contributed by atoms with Gasteiger partial charge in [0.1, 0.15) is 0 Å². The van der Waals surface area contributed by atoms with Gasteiger partial charge in [-0.3, -0.25) is 10.2 Å². The van der Waals surface area contributed by atoms with E-state index in [1.165, 1.54) is 24.3 Å². The second-order valence-electron chi connectivity index (χ2n) is 7.08. The van der Waals surface area contributed by atoms with Crippen LogP contribution < -0.4 is 5.32 Å². The normalized spacial score (nSPS) is 18.8. The van der Waals surface area contributed by atoms with E-state index in [-0.39, 0.29) is 12.5 Å². The number of rotatable bonds is 5. The highest BCUT2D eigenvalue weighted by Crippen LogP contribution is 2.30. The molecule has 29 heavy (non-hydrogen) atoms. The molecule has 4 nitrogen and oxygen atoms in total. The monoisotopic (exact) mass is 426 g/mol. The Balaban J connectivity index is 1.61. The van der Waals surface area contributed by atoms with Crippen molar-refractivity contribution in [2.45, 2.75) is 31.0 Å². The first-order valence-electron chi connectivity index (χ1n) is 9.38. The lowest BCUT2D eigenvalue weighted by molar-refractivity contribution is -0.207. The molecule has 1 heterocycles. The van der Waals surface area contributed by atoms with Crippen molar-refractivity contribution >= 4 is 23.4 Å². The standard InChI is InChI=1S/C21H22ClF3N2O2/c22-17-8-10-18(11-9-17)26-20(28)29-19(21(23,24)25)14-27-12-4-7-16(13-27)15-5-2-1-3-6-15/h1-3,5-6,8-11,16,19H,4,7,12-14H2,(H,26,28)/t16-,19-/m1/s1. The lowest BCUT2D eigenvalue weighted by Gasteiger charge is -2.35. The SMILES string of the molecule is O=C(Nc1ccc(Cl)cc1)O[C@H](CN1CCC[C@@H](c2ccccc2)C1)C(F)(F)F. The van der Waals surface area contributed by atoms with E-state index in [1.54, 1.807) is 4.90 Å². The van der Waals surface area contributed by atoms with Crippen molar-refractivity contribution < 1.29 is 22.7 Å². The van der Waals surface area contributed by atoms with Crippen molar-refractivity contribution in [3.05, 3.63) is 65.2 Å². The minimum absolute atomic E-state index is 0.168. The second kappa shape index (κ2) is 9.50. The van der Waals surface area contributed by atoms with Crippen molar-refractivity contribution in [1.29, 1.82) is 0 Å². The van der Waals surface area contributed by atoms with Crippen molar-refractivity contribution in [2.24, 2.45) is 0 Å². The largest absolute Gasteiger partial charge is 0.435 e. The van der Waals surface area contributed by atoms with E-state index in [4.69, 9.17) is 16.3 Å². The number of carbonyl (C=O) groups is 1. The van der Waals surface area contributed by atoms with Crippen LogP contribution in [0.2, 0.25) is 5.02 Å². The van der Waals surface area contributed by atoms with Gasteiger partial charge >= 0.3 is 12.3 Å². The molecule has 0 saturated carbocycles. The predicted octanol–water partition coefficient (Wildman–Crippen LogP) is 5.70. The number of ether oxygens (including phenoxy) is 1. The third-order valence-electron chi connectivity index (χ3n) is 4.91. The van der Waals surface area contributed by atoms with Gasteiger partial charge in [0.25, 0.3) is 0 Å². The van der Waals surface area contributed by atoms with Gasteiger partial charge in [-0.25, -0.2) is 4.79 Å². The summed E-state index contributed by atoms with van der Waals surface area (Å²) in [4.78, 5) is 13.7. The van der Waals surface area contributed by atoms with Crippen LogP contribution in [0.1, 0.15) is 24.3 Å². The smallest absolute Gasteiger partial charge is 0.426 e. The number of anilines is 1. The summed E-state index contributed by atoms with van der Waals surface area (Å²) in [5.41, 5.74) is 1.42. The Morgan fingerprint density at radius 2 is 1.86 bits per heavy atom. The van der Waals surface area contributed by atoms with Gasteiger partial charge in [0, 0.05) is 23.8 Å². The molecular weight excluding hydrogens is 405 g/mol. The van der Waals surface area contributed by atoms with E-state index in [1.807, 2.05) is 30.3 Å². The Morgan fingerprint density at radius 1 is 1.17 bits per heavy atom. The third-order valence-corrected chi connectivity index (χ3v) is 5.16. The first-order chi connectivity index (χ1) is 13.8. The Kier molecular flexibility index (Phi) is 7.03. The fraction of sp³-hybridized carbons (Fsp3) is 0.381. The molecule has 0 spiro atoms. The Morgan fingerprint density at radius 3 is 2.52 bits per heavy atom. The van der Waals surface area contributed by atoms with E-state index >= 15 is 0 Å². The fourth-order valence-electron chi connectivity index (χ4n) is 3.47. The highest BCUT2D eigenvalue weighted by Gasteiger charge is 2.44. The molecule has 1 fully saturated rings. The zero-order valence-corrected chi connectivity index (χ0v) is 16.4. The van der Waals surface area contributed by atoms with Gasteiger partial charge < -0.3 is 4.74 Å². The quantitative estimate of drug-likeness (QED) is 0.666. The minimum Gasteiger partial charge on any atom is -0.435 e. The third kappa shape index (κ3) is 6.37. The van der Waals surface area contributed by atoms with Gasteiger partial charge in [-0.2, -0.15) is 13.2 Å². The Hall–Kier alpha value is -2.25. The first-order valence-corrected chi connectivity index (χ1v) is 9.76. The van der Waals surface area contributed by atoms with Gasteiger partial charge in [0.2, 0.25) is 6.10 Å². The first kappa shape index (κ1) is 21.5. The molecule has 2 atom stereocenters. The molecule has 0 unspecified atom stereocenters. The van der Waals surface area contributed by atoms with Crippen LogP contribution in [0.15, 0.2) is 54.6 Å². The van der Waals surface area contributed by atoms with E-state index in [0.717, 1.165) is 18.4 Å². The topological polar surface area (TPSA) is 41.6 Å². The van der Waals surface area contributed by atoms with Gasteiger partial charge in [-0.1, -0.05) is 41.9 Å². The van der Waals surface area contributed by atoms with Crippen molar-refractivity contribution in [2.75, 3.05) is 25.0 Å². The molecule has 1 saturated heterocycles.